The summed E-state index contributed by atoms with van der Waals surface area (Å²) < 4.78 is 1.34. The van der Waals surface area contributed by atoms with Gasteiger partial charge < -0.3 is 20.0 Å². The van der Waals surface area contributed by atoms with Crippen molar-refractivity contribution >= 4 is 5.91 Å². The number of amides is 1. The summed E-state index contributed by atoms with van der Waals surface area (Å²) in [7, 11) is 0. The zero-order valence-electron chi connectivity index (χ0n) is 11.2. The van der Waals surface area contributed by atoms with Crippen molar-refractivity contribution in [3.8, 4) is 0 Å². The van der Waals surface area contributed by atoms with Gasteiger partial charge in [-0.2, -0.15) is 0 Å². The Morgan fingerprint density at radius 1 is 1.29 bits per heavy atom. The van der Waals surface area contributed by atoms with Gasteiger partial charge in [-0.15, -0.1) is 0 Å². The molecule has 110 valence electrons. The van der Waals surface area contributed by atoms with Gasteiger partial charge in [0.25, 0.3) is 17.0 Å². The van der Waals surface area contributed by atoms with Crippen LogP contribution in [0.5, 0.6) is 0 Å². The summed E-state index contributed by atoms with van der Waals surface area (Å²) in [4.78, 5) is 37.1. The summed E-state index contributed by atoms with van der Waals surface area (Å²) in [5.41, 5.74) is -0.757. The third-order valence-corrected chi connectivity index (χ3v) is 2.87. The van der Waals surface area contributed by atoms with Crippen LogP contribution in [0.3, 0.4) is 0 Å². The number of pyridine rings is 2. The number of hydrogen-bond donors (Lipinski definition) is 3. The molecule has 0 aliphatic carbocycles. The number of hydrogen-bond acceptors (Lipinski definition) is 4. The smallest absolute Gasteiger partial charge is 0.260 e. The Balaban J connectivity index is 1.93. The Morgan fingerprint density at radius 3 is 2.81 bits per heavy atom. The highest BCUT2D eigenvalue weighted by molar-refractivity contribution is 5.93. The molecule has 1 amide bonds. The molecule has 21 heavy (non-hydrogen) atoms. The van der Waals surface area contributed by atoms with Gasteiger partial charge >= 0.3 is 0 Å². The summed E-state index contributed by atoms with van der Waals surface area (Å²) >= 11 is 0. The number of carbonyl (C=O) groups is 1. The molecule has 2 aromatic heterocycles. The topological polar surface area (TPSA) is 104 Å². The summed E-state index contributed by atoms with van der Waals surface area (Å²) in [6, 6.07) is 7.60. The maximum Gasteiger partial charge on any atom is 0.260 e. The van der Waals surface area contributed by atoms with E-state index >= 15 is 0 Å². The van der Waals surface area contributed by atoms with Crippen molar-refractivity contribution < 1.29 is 9.90 Å². The standard InChI is InChI=1S/C14H15N3O4/c18-10(9-17-7-2-1-5-12(17)19)8-16-14(21)11-4-3-6-15-13(11)20/h1-7,10,18H,8-9H2,(H,15,20)(H,16,21). The van der Waals surface area contributed by atoms with E-state index < -0.39 is 17.6 Å². The summed E-state index contributed by atoms with van der Waals surface area (Å²) in [5.74, 6) is -0.573. The average molecular weight is 289 g/mol. The highest BCUT2D eigenvalue weighted by Crippen LogP contribution is 1.92. The first kappa shape index (κ1) is 14.7. The van der Waals surface area contributed by atoms with Gasteiger partial charge in [0.15, 0.2) is 0 Å². The van der Waals surface area contributed by atoms with Gasteiger partial charge in [0.05, 0.1) is 12.6 Å². The monoisotopic (exact) mass is 289 g/mol. The minimum absolute atomic E-state index is 0.0263. The lowest BCUT2D eigenvalue weighted by molar-refractivity contribution is 0.0901. The number of aliphatic hydroxyl groups is 1. The van der Waals surface area contributed by atoms with Crippen molar-refractivity contribution in [2.45, 2.75) is 12.6 Å². The van der Waals surface area contributed by atoms with Gasteiger partial charge in [0.1, 0.15) is 5.56 Å². The minimum atomic E-state index is -0.933. The molecule has 1 unspecified atom stereocenters. The Morgan fingerprint density at radius 2 is 2.10 bits per heavy atom. The van der Waals surface area contributed by atoms with Crippen LogP contribution in [-0.2, 0) is 6.54 Å². The number of H-pyrrole nitrogens is 1. The van der Waals surface area contributed by atoms with E-state index in [4.69, 9.17) is 0 Å². The van der Waals surface area contributed by atoms with E-state index in [9.17, 15) is 19.5 Å². The van der Waals surface area contributed by atoms with Gasteiger partial charge in [-0.25, -0.2) is 0 Å². The lowest BCUT2D eigenvalue weighted by Crippen LogP contribution is -2.38. The quantitative estimate of drug-likeness (QED) is 0.679. The fourth-order valence-corrected chi connectivity index (χ4v) is 1.81. The molecule has 0 aliphatic rings. The molecular weight excluding hydrogens is 274 g/mol. The van der Waals surface area contributed by atoms with Crippen molar-refractivity contribution in [1.29, 1.82) is 0 Å². The zero-order valence-corrected chi connectivity index (χ0v) is 11.2. The molecule has 0 fully saturated rings. The third-order valence-electron chi connectivity index (χ3n) is 2.87. The van der Waals surface area contributed by atoms with Crippen LogP contribution < -0.4 is 16.4 Å². The predicted octanol–water partition coefficient (Wildman–Crippen LogP) is -0.673. The molecule has 0 aliphatic heterocycles. The fourth-order valence-electron chi connectivity index (χ4n) is 1.81. The van der Waals surface area contributed by atoms with Crippen LogP contribution in [-0.4, -0.2) is 33.2 Å². The molecule has 0 radical (unpaired) electrons. The molecule has 2 rings (SSSR count). The summed E-state index contributed by atoms with van der Waals surface area (Å²) in [5, 5.41) is 12.3. The lowest BCUT2D eigenvalue weighted by atomic mass is 10.2. The van der Waals surface area contributed by atoms with Crippen LogP contribution in [0, 0.1) is 0 Å². The van der Waals surface area contributed by atoms with Crippen LogP contribution in [0.1, 0.15) is 10.4 Å². The van der Waals surface area contributed by atoms with Gasteiger partial charge in [-0.05, 0) is 18.2 Å². The Labute approximate surface area is 119 Å². The predicted molar refractivity (Wildman–Crippen MR) is 76.1 cm³/mol. The van der Waals surface area contributed by atoms with Crippen molar-refractivity contribution in [3.05, 3.63) is 69.0 Å². The number of carbonyl (C=O) groups excluding carboxylic acids is 1. The van der Waals surface area contributed by atoms with E-state index in [1.807, 2.05) is 0 Å². The highest BCUT2D eigenvalue weighted by atomic mass is 16.3. The van der Waals surface area contributed by atoms with Gasteiger partial charge in [0.2, 0.25) is 0 Å². The molecule has 1 atom stereocenters. The second-order valence-electron chi connectivity index (χ2n) is 4.47. The molecule has 2 aromatic rings. The van der Waals surface area contributed by atoms with E-state index in [0.717, 1.165) is 0 Å². The zero-order chi connectivity index (χ0) is 15.2. The lowest BCUT2D eigenvalue weighted by Gasteiger charge is -2.13. The number of nitrogens with one attached hydrogen (secondary N) is 2. The third kappa shape index (κ3) is 3.90. The molecule has 3 N–H and O–H groups in total. The average Bonchev–Trinajstić information content (AvgIpc) is 2.48. The van der Waals surface area contributed by atoms with Crippen LogP contribution in [0.4, 0.5) is 0 Å². The first-order valence-corrected chi connectivity index (χ1v) is 6.37. The second kappa shape index (κ2) is 6.67. The molecule has 0 spiro atoms. The van der Waals surface area contributed by atoms with E-state index in [-0.39, 0.29) is 24.2 Å². The van der Waals surface area contributed by atoms with Crippen LogP contribution >= 0.6 is 0 Å². The molecule has 7 heteroatoms. The van der Waals surface area contributed by atoms with Crippen LogP contribution in [0.25, 0.3) is 0 Å². The number of aromatic amines is 1. The Hall–Kier alpha value is -2.67. The maximum absolute atomic E-state index is 11.8. The summed E-state index contributed by atoms with van der Waals surface area (Å²) in [6.45, 7) is -0.000395. The maximum atomic E-state index is 11.8. The number of aliphatic hydroxyl groups excluding tert-OH is 1. The van der Waals surface area contributed by atoms with Gasteiger partial charge in [0, 0.05) is 25.0 Å². The Bertz CT molecular complexity index is 735. The van der Waals surface area contributed by atoms with E-state index in [1.54, 1.807) is 18.3 Å². The van der Waals surface area contributed by atoms with E-state index in [0.29, 0.717) is 0 Å². The first-order valence-electron chi connectivity index (χ1n) is 6.37. The van der Waals surface area contributed by atoms with E-state index in [1.165, 1.54) is 29.0 Å². The van der Waals surface area contributed by atoms with Crippen molar-refractivity contribution in [3.63, 3.8) is 0 Å². The number of rotatable bonds is 5. The molecule has 0 bridgehead atoms. The van der Waals surface area contributed by atoms with E-state index in [2.05, 4.69) is 10.3 Å². The second-order valence-corrected chi connectivity index (χ2v) is 4.47. The molecule has 0 aromatic carbocycles. The SMILES string of the molecule is O=C(NCC(O)Cn1ccccc1=O)c1ccc[nH]c1=O. The summed E-state index contributed by atoms with van der Waals surface area (Å²) in [6.07, 6.45) is 2.04. The molecule has 0 saturated carbocycles. The van der Waals surface area contributed by atoms with Gasteiger partial charge in [-0.1, -0.05) is 6.07 Å². The minimum Gasteiger partial charge on any atom is -0.389 e. The van der Waals surface area contributed by atoms with Crippen molar-refractivity contribution in [2.75, 3.05) is 6.54 Å². The fraction of sp³-hybridized carbons (Fsp3) is 0.214. The Kier molecular flexibility index (Phi) is 4.68. The largest absolute Gasteiger partial charge is 0.389 e. The molecule has 7 nitrogen and oxygen atoms in total. The normalized spacial score (nSPS) is 11.9. The number of nitrogens with zero attached hydrogens (tertiary/aromatic N) is 1. The molecule has 0 saturated heterocycles. The highest BCUT2D eigenvalue weighted by Gasteiger charge is 2.12. The van der Waals surface area contributed by atoms with Crippen LogP contribution in [0.15, 0.2) is 52.3 Å². The molecular formula is C14H15N3O4. The number of aromatic nitrogens is 2. The first-order chi connectivity index (χ1) is 10.1. The van der Waals surface area contributed by atoms with Crippen molar-refractivity contribution in [2.24, 2.45) is 0 Å². The van der Waals surface area contributed by atoms with Gasteiger partial charge in [-0.3, -0.25) is 14.4 Å². The molecule has 2 heterocycles. The van der Waals surface area contributed by atoms with Crippen LogP contribution in [0.2, 0.25) is 0 Å². The van der Waals surface area contributed by atoms with Crippen molar-refractivity contribution in [1.82, 2.24) is 14.9 Å².